The molecule has 2 aliphatic rings. The van der Waals surface area contributed by atoms with Crippen LogP contribution in [-0.4, -0.2) is 54.4 Å². The van der Waals surface area contributed by atoms with E-state index in [4.69, 9.17) is 9.47 Å². The lowest BCUT2D eigenvalue weighted by Gasteiger charge is -2.37. The molecule has 23 heavy (non-hydrogen) atoms. The van der Waals surface area contributed by atoms with E-state index in [9.17, 15) is 4.79 Å². The molecule has 3 rings (SSSR count). The maximum Gasteiger partial charge on any atom is 0.318 e. The largest absolute Gasteiger partial charge is 0.381 e. The van der Waals surface area contributed by atoms with Crippen molar-refractivity contribution >= 4 is 6.03 Å². The van der Waals surface area contributed by atoms with Gasteiger partial charge in [0.1, 0.15) is 0 Å². The molecule has 1 saturated heterocycles. The standard InChI is InChI=1S/C17H25N3O3/c1-2-22-12-14-8-15-16(9-14)23-7-6-20(15)17(21)19-11-13-4-3-5-18-10-13/h3-5,10,14-16H,2,6-9,11-12H2,1H3,(H,19,21)/t14-,15-,16+/m0/s1. The minimum atomic E-state index is -0.00999. The highest BCUT2D eigenvalue weighted by atomic mass is 16.5. The van der Waals surface area contributed by atoms with Crippen molar-refractivity contribution in [2.45, 2.75) is 38.5 Å². The second-order valence-electron chi connectivity index (χ2n) is 6.19. The van der Waals surface area contributed by atoms with Crippen molar-refractivity contribution in [1.29, 1.82) is 0 Å². The predicted molar refractivity (Wildman–Crippen MR) is 85.9 cm³/mol. The molecule has 0 bridgehead atoms. The summed E-state index contributed by atoms with van der Waals surface area (Å²) in [6.45, 7) is 5.28. The zero-order chi connectivity index (χ0) is 16.1. The summed E-state index contributed by atoms with van der Waals surface area (Å²) in [4.78, 5) is 18.6. The van der Waals surface area contributed by atoms with Crippen molar-refractivity contribution in [3.63, 3.8) is 0 Å². The predicted octanol–water partition coefficient (Wildman–Crippen LogP) is 1.81. The highest BCUT2D eigenvalue weighted by Gasteiger charge is 2.42. The number of carbonyl (C=O) groups is 1. The minimum absolute atomic E-state index is 0.00999. The van der Waals surface area contributed by atoms with Crippen LogP contribution in [0, 0.1) is 5.92 Å². The first kappa shape index (κ1) is 16.2. The summed E-state index contributed by atoms with van der Waals surface area (Å²) in [7, 11) is 0. The number of hydrogen-bond donors (Lipinski definition) is 1. The second kappa shape index (κ2) is 7.75. The van der Waals surface area contributed by atoms with Crippen LogP contribution in [-0.2, 0) is 16.0 Å². The zero-order valence-corrected chi connectivity index (χ0v) is 13.6. The van der Waals surface area contributed by atoms with Gasteiger partial charge in [-0.1, -0.05) is 6.07 Å². The normalized spacial score (nSPS) is 26.8. The van der Waals surface area contributed by atoms with Gasteiger partial charge in [-0.3, -0.25) is 4.98 Å². The third-order valence-electron chi connectivity index (χ3n) is 4.62. The summed E-state index contributed by atoms with van der Waals surface area (Å²) < 4.78 is 11.4. The molecule has 126 valence electrons. The topological polar surface area (TPSA) is 63.7 Å². The Balaban J connectivity index is 1.55. The summed E-state index contributed by atoms with van der Waals surface area (Å²) in [6, 6.07) is 4.00. The van der Waals surface area contributed by atoms with E-state index in [1.54, 1.807) is 12.4 Å². The molecule has 0 aromatic carbocycles. The fourth-order valence-electron chi connectivity index (χ4n) is 3.51. The number of aromatic nitrogens is 1. The lowest BCUT2D eigenvalue weighted by Crippen LogP contribution is -2.54. The number of amides is 2. The van der Waals surface area contributed by atoms with Gasteiger partial charge in [-0.2, -0.15) is 0 Å². The maximum atomic E-state index is 12.5. The van der Waals surface area contributed by atoms with Crippen LogP contribution in [0.3, 0.4) is 0 Å². The molecule has 0 radical (unpaired) electrons. The number of nitrogens with zero attached hydrogens (tertiary/aromatic N) is 2. The van der Waals surface area contributed by atoms with Crippen LogP contribution in [0.25, 0.3) is 0 Å². The van der Waals surface area contributed by atoms with Crippen molar-refractivity contribution < 1.29 is 14.3 Å². The molecule has 6 nitrogen and oxygen atoms in total. The quantitative estimate of drug-likeness (QED) is 0.899. The van der Waals surface area contributed by atoms with Gasteiger partial charge in [0.05, 0.1) is 18.8 Å². The van der Waals surface area contributed by atoms with Crippen LogP contribution in [0.15, 0.2) is 24.5 Å². The summed E-state index contributed by atoms with van der Waals surface area (Å²) in [6.07, 6.45) is 5.60. The van der Waals surface area contributed by atoms with Gasteiger partial charge in [-0.15, -0.1) is 0 Å². The maximum absolute atomic E-state index is 12.5. The molecule has 0 spiro atoms. The Labute approximate surface area is 137 Å². The van der Waals surface area contributed by atoms with Crippen LogP contribution in [0.5, 0.6) is 0 Å². The highest BCUT2D eigenvalue weighted by Crippen LogP contribution is 2.34. The van der Waals surface area contributed by atoms with Gasteiger partial charge in [0.15, 0.2) is 0 Å². The van der Waals surface area contributed by atoms with Crippen molar-refractivity contribution in [2.75, 3.05) is 26.4 Å². The molecular weight excluding hydrogens is 294 g/mol. The second-order valence-corrected chi connectivity index (χ2v) is 6.19. The van der Waals surface area contributed by atoms with E-state index in [2.05, 4.69) is 10.3 Å². The first-order chi connectivity index (χ1) is 11.3. The number of hydrogen-bond acceptors (Lipinski definition) is 4. The Kier molecular flexibility index (Phi) is 5.46. The Morgan fingerprint density at radius 1 is 1.52 bits per heavy atom. The van der Waals surface area contributed by atoms with Gasteiger partial charge in [0.25, 0.3) is 0 Å². The average Bonchev–Trinajstić information content (AvgIpc) is 3.01. The van der Waals surface area contributed by atoms with Crippen molar-refractivity contribution in [1.82, 2.24) is 15.2 Å². The van der Waals surface area contributed by atoms with Gasteiger partial charge in [-0.05, 0) is 37.3 Å². The molecule has 0 unspecified atom stereocenters. The van der Waals surface area contributed by atoms with E-state index >= 15 is 0 Å². The Bertz CT molecular complexity index is 511. The Morgan fingerprint density at radius 2 is 2.43 bits per heavy atom. The minimum Gasteiger partial charge on any atom is -0.381 e. The molecule has 1 aromatic rings. The third-order valence-corrected chi connectivity index (χ3v) is 4.62. The summed E-state index contributed by atoms with van der Waals surface area (Å²) >= 11 is 0. The number of pyridine rings is 1. The number of fused-ring (bicyclic) bond motifs is 1. The van der Waals surface area contributed by atoms with Crippen LogP contribution in [0.4, 0.5) is 4.79 Å². The Morgan fingerprint density at radius 3 is 3.22 bits per heavy atom. The van der Waals surface area contributed by atoms with Gasteiger partial charge in [0.2, 0.25) is 0 Å². The van der Waals surface area contributed by atoms with E-state index in [0.29, 0.717) is 25.6 Å². The fraction of sp³-hybridized carbons (Fsp3) is 0.647. The number of urea groups is 1. The first-order valence-corrected chi connectivity index (χ1v) is 8.40. The molecular formula is C17H25N3O3. The van der Waals surface area contributed by atoms with E-state index in [1.165, 1.54) is 0 Å². The van der Waals surface area contributed by atoms with E-state index in [0.717, 1.165) is 31.6 Å². The summed E-state index contributed by atoms with van der Waals surface area (Å²) in [5.41, 5.74) is 1.01. The molecule has 3 atom stereocenters. The molecule has 1 aliphatic heterocycles. The van der Waals surface area contributed by atoms with Crippen LogP contribution in [0.2, 0.25) is 0 Å². The fourth-order valence-corrected chi connectivity index (χ4v) is 3.51. The SMILES string of the molecule is CCOC[C@@H]1C[C@H]2OCCN(C(=O)NCc3cccnc3)[C@H]2C1. The van der Waals surface area contributed by atoms with Crippen molar-refractivity contribution in [2.24, 2.45) is 5.92 Å². The smallest absolute Gasteiger partial charge is 0.318 e. The first-order valence-electron chi connectivity index (χ1n) is 8.40. The number of rotatable bonds is 5. The van der Waals surface area contributed by atoms with Crippen LogP contribution in [0.1, 0.15) is 25.3 Å². The molecule has 1 N–H and O–H groups in total. The van der Waals surface area contributed by atoms with Gasteiger partial charge in [-0.25, -0.2) is 4.79 Å². The van der Waals surface area contributed by atoms with E-state index in [-0.39, 0.29) is 18.2 Å². The average molecular weight is 319 g/mol. The molecule has 2 heterocycles. The Hall–Kier alpha value is -1.66. The van der Waals surface area contributed by atoms with E-state index < -0.39 is 0 Å². The number of ether oxygens (including phenoxy) is 2. The molecule has 1 aromatic heterocycles. The lowest BCUT2D eigenvalue weighted by molar-refractivity contribution is -0.0389. The van der Waals surface area contributed by atoms with Crippen LogP contribution < -0.4 is 5.32 Å². The highest BCUT2D eigenvalue weighted by molar-refractivity contribution is 5.74. The number of nitrogens with one attached hydrogen (secondary N) is 1. The molecule has 1 aliphatic carbocycles. The van der Waals surface area contributed by atoms with E-state index in [1.807, 2.05) is 24.0 Å². The van der Waals surface area contributed by atoms with Crippen LogP contribution >= 0.6 is 0 Å². The van der Waals surface area contributed by atoms with Crippen molar-refractivity contribution in [3.8, 4) is 0 Å². The molecule has 2 fully saturated rings. The molecule has 1 saturated carbocycles. The third kappa shape index (κ3) is 4.00. The van der Waals surface area contributed by atoms with Crippen molar-refractivity contribution in [3.05, 3.63) is 30.1 Å². The van der Waals surface area contributed by atoms with Gasteiger partial charge >= 0.3 is 6.03 Å². The number of morpholine rings is 1. The monoisotopic (exact) mass is 319 g/mol. The van der Waals surface area contributed by atoms with Gasteiger partial charge in [0, 0.05) is 38.7 Å². The summed E-state index contributed by atoms with van der Waals surface area (Å²) in [5, 5.41) is 3.00. The summed E-state index contributed by atoms with van der Waals surface area (Å²) in [5.74, 6) is 0.483. The van der Waals surface area contributed by atoms with Gasteiger partial charge < -0.3 is 19.7 Å². The molecule has 2 amide bonds. The lowest BCUT2D eigenvalue weighted by atomic mass is 10.1. The number of carbonyl (C=O) groups excluding carboxylic acids is 1. The zero-order valence-electron chi connectivity index (χ0n) is 13.6. The molecule has 6 heteroatoms.